The molecule has 4 heteroatoms. The predicted molar refractivity (Wildman–Crippen MR) is 72.2 cm³/mol. The summed E-state index contributed by atoms with van der Waals surface area (Å²) in [6.07, 6.45) is 2.60. The van der Waals surface area contributed by atoms with Crippen molar-refractivity contribution in [3.63, 3.8) is 0 Å². The minimum absolute atomic E-state index is 0.114. The van der Waals surface area contributed by atoms with Crippen LogP contribution in [0.4, 0.5) is 0 Å². The standard InChI is InChI=1S/C14H25N3O/c1-11-6-5-7-17(11)10-13-8-12(16-18-13)9-15-14(2,3)4/h8,11,15H,5-7,9-10H2,1-4H3. The summed E-state index contributed by atoms with van der Waals surface area (Å²) in [6, 6.07) is 2.75. The van der Waals surface area contributed by atoms with E-state index in [1.54, 1.807) is 0 Å². The lowest BCUT2D eigenvalue weighted by atomic mass is 10.1. The number of hydrogen-bond donors (Lipinski definition) is 1. The largest absolute Gasteiger partial charge is 0.360 e. The molecule has 0 bridgehead atoms. The van der Waals surface area contributed by atoms with Crippen molar-refractivity contribution < 1.29 is 4.52 Å². The van der Waals surface area contributed by atoms with Crippen molar-refractivity contribution in [2.24, 2.45) is 0 Å². The second-order valence-electron chi connectivity index (χ2n) is 6.35. The van der Waals surface area contributed by atoms with Crippen LogP contribution < -0.4 is 5.32 Å². The highest BCUT2D eigenvalue weighted by Gasteiger charge is 2.21. The van der Waals surface area contributed by atoms with Gasteiger partial charge in [0.15, 0.2) is 5.76 Å². The number of rotatable bonds is 4. The fourth-order valence-electron chi connectivity index (χ4n) is 2.30. The topological polar surface area (TPSA) is 41.3 Å². The first-order valence-electron chi connectivity index (χ1n) is 6.87. The quantitative estimate of drug-likeness (QED) is 0.893. The molecule has 1 fully saturated rings. The molecule has 0 saturated carbocycles. The minimum Gasteiger partial charge on any atom is -0.360 e. The zero-order valence-corrected chi connectivity index (χ0v) is 12.0. The SMILES string of the molecule is CC1CCCN1Cc1cc(CNC(C)(C)C)no1. The van der Waals surface area contributed by atoms with E-state index in [2.05, 4.69) is 49.1 Å². The lowest BCUT2D eigenvalue weighted by molar-refractivity contribution is 0.225. The number of nitrogens with zero attached hydrogens (tertiary/aromatic N) is 2. The molecule has 0 amide bonds. The van der Waals surface area contributed by atoms with Crippen LogP contribution in [0.1, 0.15) is 52.0 Å². The monoisotopic (exact) mass is 251 g/mol. The van der Waals surface area contributed by atoms with Gasteiger partial charge in [0.1, 0.15) is 0 Å². The molecule has 1 aliphatic heterocycles. The molecule has 1 atom stereocenters. The molecule has 18 heavy (non-hydrogen) atoms. The smallest absolute Gasteiger partial charge is 0.151 e. The van der Waals surface area contributed by atoms with Crippen molar-refractivity contribution in [1.82, 2.24) is 15.4 Å². The molecule has 4 nitrogen and oxygen atoms in total. The highest BCUT2D eigenvalue weighted by molar-refractivity contribution is 5.06. The Morgan fingerprint density at radius 2 is 2.28 bits per heavy atom. The first kappa shape index (κ1) is 13.6. The van der Waals surface area contributed by atoms with Crippen LogP contribution in [0.3, 0.4) is 0 Å². The van der Waals surface area contributed by atoms with Crippen LogP contribution in [0.2, 0.25) is 0 Å². The van der Waals surface area contributed by atoms with E-state index in [-0.39, 0.29) is 5.54 Å². The van der Waals surface area contributed by atoms with Crippen LogP contribution in [0.5, 0.6) is 0 Å². The van der Waals surface area contributed by atoms with E-state index < -0.39 is 0 Å². The molecule has 0 radical (unpaired) electrons. The molecule has 0 spiro atoms. The van der Waals surface area contributed by atoms with Crippen LogP contribution in [-0.2, 0) is 13.1 Å². The van der Waals surface area contributed by atoms with E-state index in [0.29, 0.717) is 6.04 Å². The van der Waals surface area contributed by atoms with Gasteiger partial charge in [0.2, 0.25) is 0 Å². The third kappa shape index (κ3) is 3.82. The Morgan fingerprint density at radius 1 is 1.50 bits per heavy atom. The van der Waals surface area contributed by atoms with Crippen LogP contribution in [0.25, 0.3) is 0 Å². The Balaban J connectivity index is 1.86. The highest BCUT2D eigenvalue weighted by atomic mass is 16.5. The van der Waals surface area contributed by atoms with Crippen molar-refractivity contribution in [3.05, 3.63) is 17.5 Å². The number of likely N-dealkylation sites (tertiary alicyclic amines) is 1. The molecule has 0 aliphatic carbocycles. The Hall–Kier alpha value is -0.870. The van der Waals surface area contributed by atoms with Gasteiger partial charge in [-0.25, -0.2) is 0 Å². The Bertz CT molecular complexity index is 381. The average Bonchev–Trinajstić information content (AvgIpc) is 2.86. The van der Waals surface area contributed by atoms with Crippen LogP contribution >= 0.6 is 0 Å². The average molecular weight is 251 g/mol. The van der Waals surface area contributed by atoms with Crippen molar-refractivity contribution in [3.8, 4) is 0 Å². The zero-order valence-electron chi connectivity index (χ0n) is 12.0. The fraction of sp³-hybridized carbons (Fsp3) is 0.786. The summed E-state index contributed by atoms with van der Waals surface area (Å²) < 4.78 is 5.41. The molecule has 0 aromatic carbocycles. The van der Waals surface area contributed by atoms with Gasteiger partial charge >= 0.3 is 0 Å². The van der Waals surface area contributed by atoms with E-state index >= 15 is 0 Å². The van der Waals surface area contributed by atoms with Crippen LogP contribution in [-0.4, -0.2) is 28.2 Å². The maximum Gasteiger partial charge on any atom is 0.151 e. The molecular formula is C14H25N3O. The van der Waals surface area contributed by atoms with Gasteiger partial charge in [-0.3, -0.25) is 4.90 Å². The van der Waals surface area contributed by atoms with Gasteiger partial charge in [0.05, 0.1) is 12.2 Å². The van der Waals surface area contributed by atoms with Crippen molar-refractivity contribution in [2.45, 2.75) is 65.2 Å². The lowest BCUT2D eigenvalue weighted by Crippen LogP contribution is -2.35. The summed E-state index contributed by atoms with van der Waals surface area (Å²) in [7, 11) is 0. The summed E-state index contributed by atoms with van der Waals surface area (Å²) in [5.74, 6) is 0.981. The fourth-order valence-corrected chi connectivity index (χ4v) is 2.30. The Morgan fingerprint density at radius 3 is 2.89 bits per heavy atom. The summed E-state index contributed by atoms with van der Waals surface area (Å²) in [5.41, 5.74) is 1.11. The van der Waals surface area contributed by atoms with Gasteiger partial charge in [-0.05, 0) is 47.1 Å². The van der Waals surface area contributed by atoms with Gasteiger partial charge < -0.3 is 9.84 Å². The second kappa shape index (κ2) is 5.41. The van der Waals surface area contributed by atoms with Gasteiger partial charge in [0, 0.05) is 24.2 Å². The summed E-state index contributed by atoms with van der Waals surface area (Å²) in [6.45, 7) is 11.6. The summed E-state index contributed by atoms with van der Waals surface area (Å²) in [4.78, 5) is 2.46. The molecule has 1 unspecified atom stereocenters. The maximum atomic E-state index is 5.41. The van der Waals surface area contributed by atoms with Crippen LogP contribution in [0.15, 0.2) is 10.6 Å². The minimum atomic E-state index is 0.114. The Kier molecular flexibility index (Phi) is 4.07. The summed E-state index contributed by atoms with van der Waals surface area (Å²) in [5, 5.41) is 7.54. The lowest BCUT2D eigenvalue weighted by Gasteiger charge is -2.19. The maximum absolute atomic E-state index is 5.41. The van der Waals surface area contributed by atoms with Crippen molar-refractivity contribution in [1.29, 1.82) is 0 Å². The molecule has 2 rings (SSSR count). The molecule has 102 valence electrons. The number of aromatic nitrogens is 1. The first-order valence-corrected chi connectivity index (χ1v) is 6.87. The first-order chi connectivity index (χ1) is 8.44. The Labute approximate surface area is 110 Å². The van der Waals surface area contributed by atoms with E-state index in [1.165, 1.54) is 19.4 Å². The molecule has 1 saturated heterocycles. The van der Waals surface area contributed by atoms with E-state index in [9.17, 15) is 0 Å². The molecule has 1 aromatic rings. The van der Waals surface area contributed by atoms with E-state index in [0.717, 1.165) is 24.5 Å². The van der Waals surface area contributed by atoms with Gasteiger partial charge in [-0.15, -0.1) is 0 Å². The summed E-state index contributed by atoms with van der Waals surface area (Å²) >= 11 is 0. The zero-order chi connectivity index (χ0) is 13.2. The van der Waals surface area contributed by atoms with Crippen molar-refractivity contribution >= 4 is 0 Å². The highest BCUT2D eigenvalue weighted by Crippen LogP contribution is 2.19. The van der Waals surface area contributed by atoms with Crippen LogP contribution in [0, 0.1) is 0 Å². The van der Waals surface area contributed by atoms with Crippen molar-refractivity contribution in [2.75, 3.05) is 6.54 Å². The molecular weight excluding hydrogens is 226 g/mol. The molecule has 1 N–H and O–H groups in total. The van der Waals surface area contributed by atoms with Gasteiger partial charge in [-0.2, -0.15) is 0 Å². The molecule has 2 heterocycles. The predicted octanol–water partition coefficient (Wildman–Crippen LogP) is 2.55. The second-order valence-corrected chi connectivity index (χ2v) is 6.35. The van der Waals surface area contributed by atoms with E-state index in [1.807, 2.05) is 0 Å². The molecule has 1 aromatic heterocycles. The number of hydrogen-bond acceptors (Lipinski definition) is 4. The van der Waals surface area contributed by atoms with Gasteiger partial charge in [0.25, 0.3) is 0 Å². The normalized spacial score (nSPS) is 21.7. The van der Waals surface area contributed by atoms with E-state index in [4.69, 9.17) is 4.52 Å². The third-order valence-corrected chi connectivity index (χ3v) is 3.46. The van der Waals surface area contributed by atoms with Gasteiger partial charge in [-0.1, -0.05) is 5.16 Å². The third-order valence-electron chi connectivity index (χ3n) is 3.46. The number of nitrogens with one attached hydrogen (secondary N) is 1. The molecule has 1 aliphatic rings.